The normalized spacial score (nSPS) is 9.94. The molecule has 0 saturated heterocycles. The van der Waals surface area contributed by atoms with E-state index in [1.54, 1.807) is 24.8 Å². The summed E-state index contributed by atoms with van der Waals surface area (Å²) in [6.07, 6.45) is 7.21. The largest absolute Gasteiger partial charge is 2.00 e. The molecule has 366 valence electrons. The number of hydrogen-bond acceptors (Lipinski definition) is 18. The van der Waals surface area contributed by atoms with Crippen LogP contribution >= 0.6 is 0 Å². The minimum absolute atomic E-state index is 0. The maximum atomic E-state index is 10.6. The molecule has 0 aliphatic carbocycles. The van der Waals surface area contributed by atoms with Crippen LogP contribution in [-0.2, 0) is 62.9 Å². The zero-order chi connectivity index (χ0) is 49.0. The number of pyridine rings is 4. The Kier molecular flexibility index (Phi) is 22.4. The van der Waals surface area contributed by atoms with Crippen molar-refractivity contribution in [3.63, 3.8) is 0 Å². The summed E-state index contributed by atoms with van der Waals surface area (Å²) < 4.78 is 9.78. The Bertz CT molecular complexity index is 2690. The number of hydrogen-bond donors (Lipinski definition) is 2. The number of rotatable bonds is 16. The van der Waals surface area contributed by atoms with Crippen LogP contribution in [0, 0.1) is 0 Å². The Morgan fingerprint density at radius 1 is 0.400 bits per heavy atom. The van der Waals surface area contributed by atoms with Gasteiger partial charge >= 0.3 is 46.1 Å². The Morgan fingerprint density at radius 3 is 0.857 bits per heavy atom. The second-order valence-corrected chi connectivity index (χ2v) is 14.0. The maximum absolute atomic E-state index is 10.6. The van der Waals surface area contributed by atoms with Gasteiger partial charge in [0, 0.05) is 57.7 Å². The molecule has 8 rings (SSSR count). The van der Waals surface area contributed by atoms with Crippen LogP contribution in [0.3, 0.4) is 0 Å². The molecule has 0 spiro atoms. The minimum atomic E-state index is -1.43. The molecular formula is C48H38Cu2N6O14. The molecule has 70 heavy (non-hydrogen) atoms. The first kappa shape index (κ1) is 55.9. The number of carboxylic acid groups (broad SMARTS) is 6. The molecule has 0 saturated carbocycles. The van der Waals surface area contributed by atoms with Crippen LogP contribution in [-0.4, -0.2) is 105 Å². The molecule has 2 radical (unpaired) electrons. The number of nitrogens with zero attached hydrogens (tertiary/aromatic N) is 6. The minimum Gasteiger partial charge on any atom is -0.548 e. The van der Waals surface area contributed by atoms with Crippen molar-refractivity contribution >= 4 is 90.8 Å². The number of ether oxygens (including phenoxy) is 2. The number of carbonyl (C=O) groups excluding carboxylic acids is 4. The monoisotopic (exact) mass is 1050 g/mol. The van der Waals surface area contributed by atoms with Crippen LogP contribution in [0.4, 0.5) is 11.4 Å². The average Bonchev–Trinajstić information content (AvgIpc) is 3.32. The third kappa shape index (κ3) is 17.7. The van der Waals surface area contributed by atoms with Crippen LogP contribution in [0.1, 0.15) is 0 Å². The Morgan fingerprint density at radius 2 is 0.643 bits per heavy atom. The second-order valence-electron chi connectivity index (χ2n) is 14.0. The zero-order valence-electron chi connectivity index (χ0n) is 36.2. The fraction of sp³-hybridized carbons (Fsp3) is 0.125. The van der Waals surface area contributed by atoms with Crippen LogP contribution < -0.4 is 39.7 Å². The van der Waals surface area contributed by atoms with Crippen molar-refractivity contribution in [1.82, 2.24) is 19.9 Å². The molecule has 0 aliphatic heterocycles. The summed E-state index contributed by atoms with van der Waals surface area (Å²) >= 11 is 0. The standard InChI is InChI=1S/2C12H8N2.2C12H13NO7.2Cu/c2*1-3-9-5-6-10-4-2-8-14-12(10)11(9)13-7-1;2*14-10(15)5-13(6-11(16)17)8-1-3-9(4-2-8)20-7-12(18)19;;/h2*1-8H;2*1-4H,5-7H2,(H,14,15)(H,16,17)(H,18,19);;/q;;;;2*+2/p-4. The summed E-state index contributed by atoms with van der Waals surface area (Å²) in [5.74, 6) is -7.48. The molecule has 4 heterocycles. The van der Waals surface area contributed by atoms with Crippen molar-refractivity contribution in [3.8, 4) is 11.5 Å². The number of aliphatic carboxylic acids is 6. The van der Waals surface area contributed by atoms with Gasteiger partial charge in [0.1, 0.15) is 11.5 Å². The van der Waals surface area contributed by atoms with E-state index >= 15 is 0 Å². The molecule has 22 heteroatoms. The maximum Gasteiger partial charge on any atom is 2.00 e. The topological polar surface area (TPSA) is 312 Å². The number of fused-ring (bicyclic) bond motifs is 6. The summed E-state index contributed by atoms with van der Waals surface area (Å²) in [6.45, 7) is -3.46. The van der Waals surface area contributed by atoms with Gasteiger partial charge in [-0.25, -0.2) is 9.59 Å². The predicted octanol–water partition coefficient (Wildman–Crippen LogP) is 0.473. The van der Waals surface area contributed by atoms with E-state index in [9.17, 15) is 49.2 Å². The summed E-state index contributed by atoms with van der Waals surface area (Å²) in [7, 11) is 0. The molecule has 8 aromatic rings. The number of anilines is 2. The molecule has 0 amide bonds. The SMILES string of the molecule is O=C([O-])CN(CC(=O)[O-])c1ccc(OCC(=O)O)cc1.O=C([O-])CN(CC(=O)[O-])c1ccc(OCC(=O)O)cc1.[Cu+2].[Cu+2].c1cnc2c(c1)ccc1cccnc12.c1cnc2c(c1)ccc1cccnc12. The Balaban J connectivity index is 0.000000247. The van der Waals surface area contributed by atoms with Gasteiger partial charge in [0.05, 0.1) is 72.1 Å². The van der Waals surface area contributed by atoms with E-state index in [-0.39, 0.29) is 45.6 Å². The van der Waals surface area contributed by atoms with E-state index in [0.29, 0.717) is 11.4 Å². The van der Waals surface area contributed by atoms with Gasteiger partial charge in [-0.15, -0.1) is 0 Å². The van der Waals surface area contributed by atoms with Crippen molar-refractivity contribution < 1.29 is 103 Å². The van der Waals surface area contributed by atoms with Crippen molar-refractivity contribution in [2.45, 2.75) is 0 Å². The van der Waals surface area contributed by atoms with Gasteiger partial charge in [0.25, 0.3) is 0 Å². The van der Waals surface area contributed by atoms with Gasteiger partial charge in [0.2, 0.25) is 0 Å². The molecular weight excluding hydrogens is 1010 g/mol. The molecule has 0 atom stereocenters. The first-order valence-electron chi connectivity index (χ1n) is 20.0. The first-order chi connectivity index (χ1) is 32.7. The summed E-state index contributed by atoms with van der Waals surface area (Å²) in [5.41, 5.74) is 4.52. The van der Waals surface area contributed by atoms with Crippen molar-refractivity contribution in [3.05, 3.63) is 146 Å². The van der Waals surface area contributed by atoms with E-state index in [1.165, 1.54) is 48.5 Å². The molecule has 0 bridgehead atoms. The molecule has 4 aromatic carbocycles. The Labute approximate surface area is 418 Å². The van der Waals surface area contributed by atoms with Gasteiger partial charge in [-0.2, -0.15) is 0 Å². The molecule has 0 aliphatic rings. The van der Waals surface area contributed by atoms with Crippen LogP contribution in [0.25, 0.3) is 43.6 Å². The van der Waals surface area contributed by atoms with Crippen LogP contribution in [0.15, 0.2) is 146 Å². The summed E-state index contributed by atoms with van der Waals surface area (Å²) in [4.78, 5) is 82.3. The average molecular weight is 1050 g/mol. The van der Waals surface area contributed by atoms with Gasteiger partial charge in [0.15, 0.2) is 13.2 Å². The fourth-order valence-corrected chi connectivity index (χ4v) is 6.26. The van der Waals surface area contributed by atoms with Gasteiger partial charge in [-0.1, -0.05) is 48.5 Å². The molecule has 2 N–H and O–H groups in total. The molecule has 0 unspecified atom stereocenters. The van der Waals surface area contributed by atoms with Crippen LogP contribution in [0.2, 0.25) is 0 Å². The second kappa shape index (κ2) is 28.0. The number of benzene rings is 4. The fourth-order valence-electron chi connectivity index (χ4n) is 6.26. The Hall–Kier alpha value is -8.42. The number of aromatic nitrogens is 4. The quantitative estimate of drug-likeness (QED) is 0.0982. The third-order valence-corrected chi connectivity index (χ3v) is 9.10. The summed E-state index contributed by atoms with van der Waals surface area (Å²) in [6, 6.07) is 35.5. The molecule has 0 fully saturated rings. The van der Waals surface area contributed by atoms with Crippen molar-refractivity contribution in [2.24, 2.45) is 0 Å². The van der Waals surface area contributed by atoms with E-state index < -0.39 is 75.2 Å². The smallest absolute Gasteiger partial charge is 0.548 e. The number of carboxylic acids is 6. The van der Waals surface area contributed by atoms with Crippen molar-refractivity contribution in [2.75, 3.05) is 49.2 Å². The van der Waals surface area contributed by atoms with Crippen molar-refractivity contribution in [1.29, 1.82) is 0 Å². The van der Waals surface area contributed by atoms with Crippen LogP contribution in [0.5, 0.6) is 11.5 Å². The summed E-state index contributed by atoms with van der Waals surface area (Å²) in [5, 5.41) is 63.6. The molecule has 4 aromatic heterocycles. The molecule has 20 nitrogen and oxygen atoms in total. The van der Waals surface area contributed by atoms with Gasteiger partial charge in [-0.05, 0) is 72.8 Å². The zero-order valence-corrected chi connectivity index (χ0v) is 38.1. The van der Waals surface area contributed by atoms with Gasteiger partial charge < -0.3 is 69.1 Å². The van der Waals surface area contributed by atoms with E-state index in [4.69, 9.17) is 19.7 Å². The van der Waals surface area contributed by atoms with E-state index in [2.05, 4.69) is 68.5 Å². The first-order valence-corrected chi connectivity index (χ1v) is 20.0. The van der Waals surface area contributed by atoms with Gasteiger partial charge in [-0.3, -0.25) is 19.9 Å². The van der Waals surface area contributed by atoms with E-state index in [0.717, 1.165) is 53.4 Å². The van der Waals surface area contributed by atoms with E-state index in [1.807, 2.05) is 24.3 Å². The predicted molar refractivity (Wildman–Crippen MR) is 238 cm³/mol. The third-order valence-electron chi connectivity index (χ3n) is 9.10. The number of carbonyl (C=O) groups is 6.